The molecule has 3 nitrogen and oxygen atoms in total. The third-order valence-corrected chi connectivity index (χ3v) is 3.88. The normalized spacial score (nSPS) is 13.1. The summed E-state index contributed by atoms with van der Waals surface area (Å²) in [6.07, 6.45) is 0.922. The Bertz CT molecular complexity index is 679. The summed E-state index contributed by atoms with van der Waals surface area (Å²) < 4.78 is 5.72. The van der Waals surface area contributed by atoms with Gasteiger partial charge in [-0.15, -0.1) is 0 Å². The van der Waals surface area contributed by atoms with E-state index < -0.39 is 0 Å². The fraction of sp³-hybridized carbons (Fsp3) is 0.278. The number of carbonyl (C=O) groups excluding carboxylic acids is 1. The average Bonchev–Trinajstić information content (AvgIpc) is 2.92. The molecular weight excluding hydrogens is 262 g/mol. The molecule has 21 heavy (non-hydrogen) atoms. The monoisotopic (exact) mass is 281 g/mol. The maximum Gasteiger partial charge on any atom is 0.264 e. The number of benzene rings is 2. The molecule has 0 bridgehead atoms. The predicted octanol–water partition coefficient (Wildman–Crippen LogP) is 3.27. The van der Waals surface area contributed by atoms with Gasteiger partial charge < -0.3 is 9.64 Å². The van der Waals surface area contributed by atoms with E-state index in [0.29, 0.717) is 0 Å². The Morgan fingerprint density at radius 2 is 2.00 bits per heavy atom. The van der Waals surface area contributed by atoms with Gasteiger partial charge in [0, 0.05) is 12.2 Å². The zero-order valence-corrected chi connectivity index (χ0v) is 12.4. The van der Waals surface area contributed by atoms with Crippen molar-refractivity contribution in [3.63, 3.8) is 0 Å². The summed E-state index contributed by atoms with van der Waals surface area (Å²) in [6.45, 7) is 4.84. The largest absolute Gasteiger partial charge is 0.483 e. The lowest BCUT2D eigenvalue weighted by molar-refractivity contribution is -0.120. The molecule has 1 aliphatic rings. The van der Waals surface area contributed by atoms with Crippen LogP contribution in [-0.2, 0) is 11.2 Å². The summed E-state index contributed by atoms with van der Waals surface area (Å²) in [5.41, 5.74) is 4.44. The predicted molar refractivity (Wildman–Crippen MR) is 83.9 cm³/mol. The summed E-state index contributed by atoms with van der Waals surface area (Å²) in [4.78, 5) is 14.2. The van der Waals surface area contributed by atoms with E-state index in [-0.39, 0.29) is 12.5 Å². The van der Waals surface area contributed by atoms with Crippen molar-refractivity contribution in [2.45, 2.75) is 20.3 Å². The van der Waals surface area contributed by atoms with Crippen LogP contribution in [-0.4, -0.2) is 19.1 Å². The first-order valence-corrected chi connectivity index (χ1v) is 7.23. The number of ether oxygens (including phenoxy) is 1. The molecule has 0 radical (unpaired) electrons. The smallest absolute Gasteiger partial charge is 0.264 e. The van der Waals surface area contributed by atoms with E-state index in [1.807, 2.05) is 55.1 Å². The molecule has 1 heterocycles. The van der Waals surface area contributed by atoms with Crippen LogP contribution in [0.2, 0.25) is 0 Å². The lowest BCUT2D eigenvalue weighted by Gasteiger charge is -2.18. The molecule has 3 heteroatoms. The Kier molecular flexibility index (Phi) is 3.65. The molecule has 0 N–H and O–H groups in total. The summed E-state index contributed by atoms with van der Waals surface area (Å²) in [5.74, 6) is 0.802. The van der Waals surface area contributed by atoms with Gasteiger partial charge in [0.1, 0.15) is 5.75 Å². The molecule has 0 unspecified atom stereocenters. The van der Waals surface area contributed by atoms with Crippen molar-refractivity contribution in [2.75, 3.05) is 18.1 Å². The molecule has 0 aliphatic carbocycles. The second-order valence-electron chi connectivity index (χ2n) is 5.48. The Morgan fingerprint density at radius 3 is 2.86 bits per heavy atom. The fourth-order valence-electron chi connectivity index (χ4n) is 2.68. The van der Waals surface area contributed by atoms with Gasteiger partial charge in [0.05, 0.1) is 0 Å². The van der Waals surface area contributed by atoms with Gasteiger partial charge in [-0.25, -0.2) is 0 Å². The van der Waals surface area contributed by atoms with Gasteiger partial charge in [0.25, 0.3) is 5.91 Å². The van der Waals surface area contributed by atoms with Crippen LogP contribution in [0.1, 0.15) is 16.7 Å². The van der Waals surface area contributed by atoms with Crippen molar-refractivity contribution in [2.24, 2.45) is 0 Å². The van der Waals surface area contributed by atoms with E-state index in [0.717, 1.165) is 35.5 Å². The van der Waals surface area contributed by atoms with Crippen LogP contribution in [0, 0.1) is 13.8 Å². The van der Waals surface area contributed by atoms with E-state index in [2.05, 4.69) is 6.07 Å². The first-order chi connectivity index (χ1) is 10.1. The van der Waals surface area contributed by atoms with Crippen LogP contribution in [0.25, 0.3) is 0 Å². The average molecular weight is 281 g/mol. The Hall–Kier alpha value is -2.29. The molecule has 3 rings (SSSR count). The van der Waals surface area contributed by atoms with Crippen LogP contribution in [0.5, 0.6) is 5.75 Å². The number of carbonyl (C=O) groups is 1. The van der Waals surface area contributed by atoms with Crippen LogP contribution in [0.4, 0.5) is 5.69 Å². The number of rotatable bonds is 3. The number of hydrogen-bond donors (Lipinski definition) is 0. The standard InChI is InChI=1S/C18H19NO2/c1-13-7-8-14(2)17(11-13)21-12-18(20)19-10-9-15-5-3-4-6-16(15)19/h3-8,11H,9-10,12H2,1-2H3. The summed E-state index contributed by atoms with van der Waals surface area (Å²) >= 11 is 0. The minimum Gasteiger partial charge on any atom is -0.483 e. The maximum absolute atomic E-state index is 12.4. The molecule has 0 fully saturated rings. The number of fused-ring (bicyclic) bond motifs is 1. The summed E-state index contributed by atoms with van der Waals surface area (Å²) in [5, 5.41) is 0. The Labute approximate surface area is 125 Å². The van der Waals surface area contributed by atoms with Crippen molar-refractivity contribution in [3.05, 3.63) is 59.2 Å². The van der Waals surface area contributed by atoms with Crippen molar-refractivity contribution in [3.8, 4) is 5.75 Å². The molecule has 0 atom stereocenters. The molecule has 2 aromatic rings. The van der Waals surface area contributed by atoms with E-state index in [4.69, 9.17) is 4.74 Å². The Balaban J connectivity index is 1.69. The molecule has 0 aromatic heterocycles. The van der Waals surface area contributed by atoms with Gasteiger partial charge in [-0.1, -0.05) is 30.3 Å². The maximum atomic E-state index is 12.4. The highest BCUT2D eigenvalue weighted by atomic mass is 16.5. The van der Waals surface area contributed by atoms with Gasteiger partial charge in [-0.3, -0.25) is 4.79 Å². The molecular formula is C18H19NO2. The highest BCUT2D eigenvalue weighted by Crippen LogP contribution is 2.27. The van der Waals surface area contributed by atoms with E-state index >= 15 is 0 Å². The molecule has 1 aliphatic heterocycles. The summed E-state index contributed by atoms with van der Waals surface area (Å²) in [7, 11) is 0. The van der Waals surface area contributed by atoms with Crippen molar-refractivity contribution in [1.82, 2.24) is 0 Å². The number of amides is 1. The number of aryl methyl sites for hydroxylation is 2. The molecule has 2 aromatic carbocycles. The highest BCUT2D eigenvalue weighted by Gasteiger charge is 2.24. The van der Waals surface area contributed by atoms with Crippen LogP contribution in [0.15, 0.2) is 42.5 Å². The number of anilines is 1. The van der Waals surface area contributed by atoms with E-state index in [1.54, 1.807) is 0 Å². The summed E-state index contributed by atoms with van der Waals surface area (Å²) in [6, 6.07) is 14.1. The molecule has 0 saturated carbocycles. The van der Waals surface area contributed by atoms with Crippen LogP contribution in [0.3, 0.4) is 0 Å². The van der Waals surface area contributed by atoms with Gasteiger partial charge in [-0.2, -0.15) is 0 Å². The van der Waals surface area contributed by atoms with Crippen molar-refractivity contribution >= 4 is 11.6 Å². The van der Waals surface area contributed by atoms with E-state index in [1.165, 1.54) is 5.56 Å². The van der Waals surface area contributed by atoms with Crippen LogP contribution >= 0.6 is 0 Å². The van der Waals surface area contributed by atoms with E-state index in [9.17, 15) is 4.79 Å². The second kappa shape index (κ2) is 5.60. The second-order valence-corrected chi connectivity index (χ2v) is 5.48. The first kappa shape index (κ1) is 13.7. The number of nitrogens with zero attached hydrogens (tertiary/aromatic N) is 1. The first-order valence-electron chi connectivity index (χ1n) is 7.23. The zero-order valence-electron chi connectivity index (χ0n) is 12.4. The highest BCUT2D eigenvalue weighted by molar-refractivity contribution is 5.96. The minimum absolute atomic E-state index is 0.0147. The molecule has 108 valence electrons. The third-order valence-electron chi connectivity index (χ3n) is 3.88. The minimum atomic E-state index is 0.0147. The van der Waals surface area contributed by atoms with Gasteiger partial charge in [-0.05, 0) is 49.1 Å². The lowest BCUT2D eigenvalue weighted by Crippen LogP contribution is -2.33. The zero-order chi connectivity index (χ0) is 14.8. The molecule has 0 spiro atoms. The van der Waals surface area contributed by atoms with Gasteiger partial charge >= 0.3 is 0 Å². The molecule has 1 amide bonds. The fourth-order valence-corrected chi connectivity index (χ4v) is 2.68. The SMILES string of the molecule is Cc1ccc(C)c(OCC(=O)N2CCc3ccccc32)c1. The number of para-hydroxylation sites is 1. The molecule has 0 saturated heterocycles. The van der Waals surface area contributed by atoms with Gasteiger partial charge in [0.2, 0.25) is 0 Å². The quantitative estimate of drug-likeness (QED) is 0.864. The van der Waals surface area contributed by atoms with Gasteiger partial charge in [0.15, 0.2) is 6.61 Å². The Morgan fingerprint density at radius 1 is 1.19 bits per heavy atom. The van der Waals surface area contributed by atoms with Crippen LogP contribution < -0.4 is 9.64 Å². The number of hydrogen-bond acceptors (Lipinski definition) is 2. The topological polar surface area (TPSA) is 29.5 Å². The van der Waals surface area contributed by atoms with Crippen molar-refractivity contribution in [1.29, 1.82) is 0 Å². The third kappa shape index (κ3) is 2.77. The van der Waals surface area contributed by atoms with Crippen molar-refractivity contribution < 1.29 is 9.53 Å². The lowest BCUT2D eigenvalue weighted by atomic mass is 10.1.